The van der Waals surface area contributed by atoms with E-state index in [0.717, 1.165) is 28.4 Å². The quantitative estimate of drug-likeness (QED) is 0.898. The van der Waals surface area contributed by atoms with Crippen molar-refractivity contribution in [2.75, 3.05) is 0 Å². The molecule has 0 aliphatic rings. The summed E-state index contributed by atoms with van der Waals surface area (Å²) in [5, 5.41) is 3.03. The number of hydrogen-bond donors (Lipinski definition) is 1. The molecule has 0 radical (unpaired) electrons. The second-order valence-electron chi connectivity index (χ2n) is 3.95. The van der Waals surface area contributed by atoms with Crippen LogP contribution in [0.1, 0.15) is 42.6 Å². The monoisotopic (exact) mass is 283 g/mol. The molecule has 88 valence electrons. The van der Waals surface area contributed by atoms with Gasteiger partial charge in [0.05, 0.1) is 0 Å². The fourth-order valence-electron chi connectivity index (χ4n) is 1.55. The van der Waals surface area contributed by atoms with E-state index >= 15 is 0 Å². The van der Waals surface area contributed by atoms with Crippen molar-refractivity contribution in [1.82, 2.24) is 5.32 Å². The number of aryl methyl sites for hydroxylation is 1. The Labute approximate surface area is 106 Å². The summed E-state index contributed by atoms with van der Waals surface area (Å²) >= 11 is 3.42. The molecule has 0 aliphatic carbocycles. The van der Waals surface area contributed by atoms with Crippen LogP contribution in [0.15, 0.2) is 22.7 Å². The highest BCUT2D eigenvalue weighted by molar-refractivity contribution is 9.10. The van der Waals surface area contributed by atoms with Crippen LogP contribution in [0, 0.1) is 6.92 Å². The van der Waals surface area contributed by atoms with E-state index in [0.29, 0.717) is 0 Å². The topological polar surface area (TPSA) is 29.1 Å². The van der Waals surface area contributed by atoms with Crippen molar-refractivity contribution in [3.63, 3.8) is 0 Å². The Bertz CT molecular complexity index is 372. The van der Waals surface area contributed by atoms with Gasteiger partial charge in [-0.05, 0) is 43.5 Å². The molecule has 0 bridgehead atoms. The molecule has 0 unspecified atom stereocenters. The number of hydrogen-bond acceptors (Lipinski definition) is 1. The minimum Gasteiger partial charge on any atom is -0.349 e. The average Bonchev–Trinajstić information content (AvgIpc) is 2.29. The van der Waals surface area contributed by atoms with Crippen molar-refractivity contribution in [2.24, 2.45) is 0 Å². The summed E-state index contributed by atoms with van der Waals surface area (Å²) in [5.74, 6) is 0.0179. The molecule has 1 aromatic carbocycles. The molecule has 1 amide bonds. The number of carbonyl (C=O) groups excluding carboxylic acids is 1. The Morgan fingerprint density at radius 3 is 2.50 bits per heavy atom. The zero-order chi connectivity index (χ0) is 12.1. The van der Waals surface area contributed by atoms with E-state index in [4.69, 9.17) is 0 Å². The predicted molar refractivity (Wildman–Crippen MR) is 70.7 cm³/mol. The Hall–Kier alpha value is -0.830. The fourth-order valence-corrected chi connectivity index (χ4v) is 1.79. The van der Waals surface area contributed by atoms with Crippen LogP contribution in [0.2, 0.25) is 0 Å². The second kappa shape index (κ2) is 6.04. The lowest BCUT2D eigenvalue weighted by Gasteiger charge is -2.15. The maximum Gasteiger partial charge on any atom is 0.251 e. The Morgan fingerprint density at radius 1 is 1.38 bits per heavy atom. The van der Waals surface area contributed by atoms with E-state index in [9.17, 15) is 4.79 Å². The smallest absolute Gasteiger partial charge is 0.251 e. The highest BCUT2D eigenvalue weighted by atomic mass is 79.9. The van der Waals surface area contributed by atoms with Crippen LogP contribution in [0.25, 0.3) is 0 Å². The summed E-state index contributed by atoms with van der Waals surface area (Å²) in [6, 6.07) is 5.93. The largest absolute Gasteiger partial charge is 0.349 e. The molecule has 1 aromatic rings. The molecule has 2 nitrogen and oxygen atoms in total. The third-order valence-corrected chi connectivity index (χ3v) is 3.63. The number of rotatable bonds is 4. The van der Waals surface area contributed by atoms with Crippen molar-refractivity contribution in [1.29, 1.82) is 0 Å². The number of benzene rings is 1. The van der Waals surface area contributed by atoms with Crippen molar-refractivity contribution in [3.8, 4) is 0 Å². The van der Waals surface area contributed by atoms with Gasteiger partial charge in [0, 0.05) is 16.1 Å². The third kappa shape index (κ3) is 3.34. The highest BCUT2D eigenvalue weighted by Crippen LogP contribution is 2.17. The average molecular weight is 284 g/mol. The minimum atomic E-state index is 0.0179. The van der Waals surface area contributed by atoms with E-state index in [-0.39, 0.29) is 11.9 Å². The molecular weight excluding hydrogens is 266 g/mol. The molecule has 0 atom stereocenters. The van der Waals surface area contributed by atoms with E-state index in [1.54, 1.807) is 0 Å². The summed E-state index contributed by atoms with van der Waals surface area (Å²) in [6.45, 7) is 6.15. The maximum atomic E-state index is 11.9. The second-order valence-corrected chi connectivity index (χ2v) is 4.81. The zero-order valence-electron chi connectivity index (χ0n) is 10.0. The normalized spacial score (nSPS) is 10.6. The third-order valence-electron chi connectivity index (χ3n) is 2.74. The van der Waals surface area contributed by atoms with Crippen LogP contribution in [-0.2, 0) is 0 Å². The molecule has 3 heteroatoms. The molecule has 0 heterocycles. The Kier molecular flexibility index (Phi) is 5.00. The molecular formula is C13H18BrNO. The van der Waals surface area contributed by atoms with E-state index in [1.165, 1.54) is 0 Å². The minimum absolute atomic E-state index is 0.0179. The fraction of sp³-hybridized carbons (Fsp3) is 0.462. The number of halogens is 1. The van der Waals surface area contributed by atoms with Gasteiger partial charge in [0.15, 0.2) is 0 Å². The van der Waals surface area contributed by atoms with Gasteiger partial charge in [0.2, 0.25) is 0 Å². The summed E-state index contributed by atoms with van der Waals surface area (Å²) in [4.78, 5) is 11.9. The lowest BCUT2D eigenvalue weighted by atomic mass is 10.1. The van der Waals surface area contributed by atoms with Crippen LogP contribution >= 0.6 is 15.9 Å². The summed E-state index contributed by atoms with van der Waals surface area (Å²) in [5.41, 5.74) is 1.81. The molecule has 0 aliphatic heterocycles. The van der Waals surface area contributed by atoms with Crippen LogP contribution < -0.4 is 5.32 Å². The van der Waals surface area contributed by atoms with E-state index in [1.807, 2.05) is 25.1 Å². The van der Waals surface area contributed by atoms with Gasteiger partial charge in [-0.25, -0.2) is 0 Å². The maximum absolute atomic E-state index is 11.9. The summed E-state index contributed by atoms with van der Waals surface area (Å²) in [7, 11) is 0. The molecule has 0 spiro atoms. The van der Waals surface area contributed by atoms with Crippen molar-refractivity contribution < 1.29 is 4.79 Å². The lowest BCUT2D eigenvalue weighted by molar-refractivity contribution is 0.0935. The van der Waals surface area contributed by atoms with Gasteiger partial charge in [0.1, 0.15) is 0 Å². The summed E-state index contributed by atoms with van der Waals surface area (Å²) < 4.78 is 1.03. The van der Waals surface area contributed by atoms with Gasteiger partial charge in [-0.2, -0.15) is 0 Å². The van der Waals surface area contributed by atoms with Gasteiger partial charge in [-0.15, -0.1) is 0 Å². The highest BCUT2D eigenvalue weighted by Gasteiger charge is 2.10. The zero-order valence-corrected chi connectivity index (χ0v) is 11.6. The van der Waals surface area contributed by atoms with Crippen molar-refractivity contribution in [2.45, 2.75) is 39.7 Å². The first kappa shape index (κ1) is 13.2. The molecule has 0 saturated carbocycles. The first-order valence-electron chi connectivity index (χ1n) is 5.65. The molecule has 1 N–H and O–H groups in total. The number of nitrogens with one attached hydrogen (secondary N) is 1. The van der Waals surface area contributed by atoms with Gasteiger partial charge in [-0.3, -0.25) is 4.79 Å². The van der Waals surface area contributed by atoms with Crippen molar-refractivity contribution in [3.05, 3.63) is 33.8 Å². The van der Waals surface area contributed by atoms with E-state index < -0.39 is 0 Å². The first-order valence-corrected chi connectivity index (χ1v) is 6.44. The molecule has 0 aromatic heterocycles. The molecule has 1 rings (SSSR count). The van der Waals surface area contributed by atoms with Gasteiger partial charge >= 0.3 is 0 Å². The summed E-state index contributed by atoms with van der Waals surface area (Å²) in [6.07, 6.45) is 1.94. The molecule has 16 heavy (non-hydrogen) atoms. The predicted octanol–water partition coefficient (Wildman–Crippen LogP) is 3.68. The Balaban J connectivity index is 2.76. The van der Waals surface area contributed by atoms with Crippen LogP contribution in [0.5, 0.6) is 0 Å². The van der Waals surface area contributed by atoms with Crippen LogP contribution in [0.4, 0.5) is 0 Å². The molecule has 0 saturated heterocycles. The molecule has 0 fully saturated rings. The number of carbonyl (C=O) groups is 1. The first-order chi connectivity index (χ1) is 7.58. The van der Waals surface area contributed by atoms with Crippen molar-refractivity contribution >= 4 is 21.8 Å². The van der Waals surface area contributed by atoms with Gasteiger partial charge in [-0.1, -0.05) is 29.8 Å². The van der Waals surface area contributed by atoms with Gasteiger partial charge in [0.25, 0.3) is 5.91 Å². The van der Waals surface area contributed by atoms with Crippen LogP contribution in [-0.4, -0.2) is 11.9 Å². The Morgan fingerprint density at radius 2 is 2.00 bits per heavy atom. The van der Waals surface area contributed by atoms with Crippen LogP contribution in [0.3, 0.4) is 0 Å². The van der Waals surface area contributed by atoms with E-state index in [2.05, 4.69) is 35.1 Å². The lowest BCUT2D eigenvalue weighted by Crippen LogP contribution is -2.33. The SMILES string of the molecule is CCC(CC)NC(=O)c1ccc(Br)c(C)c1. The standard InChI is InChI=1S/C13H18BrNO/c1-4-11(5-2)15-13(16)10-6-7-12(14)9(3)8-10/h6-8,11H,4-5H2,1-3H3,(H,15,16). The van der Waals surface area contributed by atoms with Gasteiger partial charge < -0.3 is 5.32 Å². The number of amides is 1.